The maximum atomic E-state index is 6.02. The molecule has 0 spiro atoms. The van der Waals surface area contributed by atoms with Crippen LogP contribution in [0.15, 0.2) is 0 Å². The SMILES string of the molecule is CCCCCCCC(C)(CN)N(CC)C(C)C. The van der Waals surface area contributed by atoms with Gasteiger partial charge in [0.2, 0.25) is 0 Å². The Morgan fingerprint density at radius 3 is 2.06 bits per heavy atom. The summed E-state index contributed by atoms with van der Waals surface area (Å²) < 4.78 is 0. The van der Waals surface area contributed by atoms with Gasteiger partial charge in [-0.25, -0.2) is 0 Å². The summed E-state index contributed by atoms with van der Waals surface area (Å²) in [5, 5.41) is 0. The molecular formula is C15H34N2. The van der Waals surface area contributed by atoms with Crippen molar-refractivity contribution in [2.75, 3.05) is 13.1 Å². The minimum absolute atomic E-state index is 0.190. The number of likely N-dealkylation sites (N-methyl/N-ethyl adjacent to an activating group) is 1. The molecule has 104 valence electrons. The molecule has 1 atom stereocenters. The van der Waals surface area contributed by atoms with E-state index in [0.717, 1.165) is 13.1 Å². The molecule has 0 aliphatic carbocycles. The zero-order valence-electron chi connectivity index (χ0n) is 12.8. The van der Waals surface area contributed by atoms with Gasteiger partial charge in [-0.15, -0.1) is 0 Å². The summed E-state index contributed by atoms with van der Waals surface area (Å²) in [6, 6.07) is 0.587. The highest BCUT2D eigenvalue weighted by Crippen LogP contribution is 2.24. The van der Waals surface area contributed by atoms with E-state index >= 15 is 0 Å². The van der Waals surface area contributed by atoms with Crippen LogP contribution in [-0.4, -0.2) is 29.6 Å². The molecule has 0 amide bonds. The number of hydrogen-bond donors (Lipinski definition) is 1. The van der Waals surface area contributed by atoms with Crippen molar-refractivity contribution in [3.8, 4) is 0 Å². The lowest BCUT2D eigenvalue weighted by molar-refractivity contribution is 0.0722. The summed E-state index contributed by atoms with van der Waals surface area (Å²) in [7, 11) is 0. The van der Waals surface area contributed by atoms with Crippen LogP contribution < -0.4 is 5.73 Å². The van der Waals surface area contributed by atoms with Gasteiger partial charge in [0.1, 0.15) is 0 Å². The number of nitrogens with two attached hydrogens (primary N) is 1. The Morgan fingerprint density at radius 2 is 1.65 bits per heavy atom. The van der Waals surface area contributed by atoms with Crippen molar-refractivity contribution in [2.45, 2.75) is 84.7 Å². The third-order valence-electron chi connectivity index (χ3n) is 3.92. The predicted molar refractivity (Wildman–Crippen MR) is 78.4 cm³/mol. The van der Waals surface area contributed by atoms with Crippen LogP contribution >= 0.6 is 0 Å². The zero-order valence-corrected chi connectivity index (χ0v) is 12.8. The summed E-state index contributed by atoms with van der Waals surface area (Å²) >= 11 is 0. The van der Waals surface area contributed by atoms with Crippen LogP contribution in [0.3, 0.4) is 0 Å². The summed E-state index contributed by atoms with van der Waals surface area (Å²) in [6.45, 7) is 13.2. The topological polar surface area (TPSA) is 29.3 Å². The Balaban J connectivity index is 4.16. The average Bonchev–Trinajstić information content (AvgIpc) is 2.29. The van der Waals surface area contributed by atoms with E-state index in [4.69, 9.17) is 5.73 Å². The third-order valence-corrected chi connectivity index (χ3v) is 3.92. The fraction of sp³-hybridized carbons (Fsp3) is 1.00. The van der Waals surface area contributed by atoms with Gasteiger partial charge in [0.05, 0.1) is 0 Å². The third kappa shape index (κ3) is 5.87. The molecule has 2 N–H and O–H groups in total. The van der Waals surface area contributed by atoms with E-state index < -0.39 is 0 Å². The molecule has 0 aromatic heterocycles. The molecule has 2 heteroatoms. The van der Waals surface area contributed by atoms with Gasteiger partial charge >= 0.3 is 0 Å². The Hall–Kier alpha value is -0.0800. The van der Waals surface area contributed by atoms with Gasteiger partial charge in [-0.3, -0.25) is 4.90 Å². The monoisotopic (exact) mass is 242 g/mol. The van der Waals surface area contributed by atoms with Crippen molar-refractivity contribution in [3.63, 3.8) is 0 Å². The molecular weight excluding hydrogens is 208 g/mol. The molecule has 0 aliphatic rings. The fourth-order valence-corrected chi connectivity index (χ4v) is 2.84. The van der Waals surface area contributed by atoms with Gasteiger partial charge in [-0.1, -0.05) is 46.0 Å². The molecule has 0 radical (unpaired) electrons. The number of hydrogen-bond acceptors (Lipinski definition) is 2. The van der Waals surface area contributed by atoms with E-state index in [9.17, 15) is 0 Å². The second-order valence-electron chi connectivity index (χ2n) is 5.75. The fourth-order valence-electron chi connectivity index (χ4n) is 2.84. The highest BCUT2D eigenvalue weighted by atomic mass is 15.2. The Bertz CT molecular complexity index is 180. The number of nitrogens with zero attached hydrogens (tertiary/aromatic N) is 1. The summed E-state index contributed by atoms with van der Waals surface area (Å²) in [6.07, 6.45) is 7.99. The molecule has 0 saturated carbocycles. The molecule has 0 rings (SSSR count). The van der Waals surface area contributed by atoms with Crippen molar-refractivity contribution < 1.29 is 0 Å². The van der Waals surface area contributed by atoms with Gasteiger partial charge in [-0.2, -0.15) is 0 Å². The molecule has 0 heterocycles. The zero-order chi connectivity index (χ0) is 13.3. The smallest absolute Gasteiger partial charge is 0.0306 e. The first-order chi connectivity index (χ1) is 8.01. The van der Waals surface area contributed by atoms with Gasteiger partial charge in [-0.05, 0) is 33.7 Å². The van der Waals surface area contributed by atoms with Gasteiger partial charge in [0.15, 0.2) is 0 Å². The minimum Gasteiger partial charge on any atom is -0.329 e. The van der Waals surface area contributed by atoms with E-state index in [1.54, 1.807) is 0 Å². The maximum Gasteiger partial charge on any atom is 0.0306 e. The average molecular weight is 242 g/mol. The molecule has 0 aromatic rings. The van der Waals surface area contributed by atoms with Gasteiger partial charge in [0, 0.05) is 18.1 Å². The van der Waals surface area contributed by atoms with Crippen molar-refractivity contribution >= 4 is 0 Å². The van der Waals surface area contributed by atoms with Crippen molar-refractivity contribution in [1.82, 2.24) is 4.90 Å². The second kappa shape index (κ2) is 8.93. The quantitative estimate of drug-likeness (QED) is 0.591. The molecule has 0 bridgehead atoms. The number of unbranched alkanes of at least 4 members (excludes halogenated alkanes) is 4. The molecule has 0 fully saturated rings. The van der Waals surface area contributed by atoms with Crippen LogP contribution in [0.5, 0.6) is 0 Å². The summed E-state index contributed by atoms with van der Waals surface area (Å²) in [5.41, 5.74) is 6.21. The van der Waals surface area contributed by atoms with Crippen molar-refractivity contribution in [1.29, 1.82) is 0 Å². The van der Waals surface area contributed by atoms with E-state index in [0.29, 0.717) is 6.04 Å². The van der Waals surface area contributed by atoms with E-state index in [1.807, 2.05) is 0 Å². The number of rotatable bonds is 10. The van der Waals surface area contributed by atoms with E-state index in [1.165, 1.54) is 38.5 Å². The largest absolute Gasteiger partial charge is 0.329 e. The second-order valence-corrected chi connectivity index (χ2v) is 5.75. The lowest BCUT2D eigenvalue weighted by Crippen LogP contribution is -2.54. The minimum atomic E-state index is 0.190. The first-order valence-electron chi connectivity index (χ1n) is 7.48. The lowest BCUT2D eigenvalue weighted by Gasteiger charge is -2.43. The Labute approximate surface area is 109 Å². The van der Waals surface area contributed by atoms with Crippen LogP contribution in [0.4, 0.5) is 0 Å². The molecule has 2 nitrogen and oxygen atoms in total. The highest BCUT2D eigenvalue weighted by molar-refractivity contribution is 4.88. The molecule has 0 aliphatic heterocycles. The van der Waals surface area contributed by atoms with Crippen molar-refractivity contribution in [2.24, 2.45) is 5.73 Å². The van der Waals surface area contributed by atoms with Crippen LogP contribution in [0.2, 0.25) is 0 Å². The van der Waals surface area contributed by atoms with Gasteiger partial charge < -0.3 is 5.73 Å². The van der Waals surface area contributed by atoms with Crippen molar-refractivity contribution in [3.05, 3.63) is 0 Å². The standard InChI is InChI=1S/C15H34N2/c1-6-8-9-10-11-12-15(5,13-16)17(7-2)14(3)4/h14H,6-13,16H2,1-5H3. The van der Waals surface area contributed by atoms with E-state index in [2.05, 4.69) is 39.5 Å². The summed E-state index contributed by atoms with van der Waals surface area (Å²) in [4.78, 5) is 2.55. The maximum absolute atomic E-state index is 6.02. The summed E-state index contributed by atoms with van der Waals surface area (Å²) in [5.74, 6) is 0. The first-order valence-corrected chi connectivity index (χ1v) is 7.48. The normalized spacial score (nSPS) is 15.5. The molecule has 0 aromatic carbocycles. The van der Waals surface area contributed by atoms with Crippen LogP contribution in [0, 0.1) is 0 Å². The predicted octanol–water partition coefficient (Wildman–Crippen LogP) is 3.79. The Kier molecular flexibility index (Phi) is 8.89. The molecule has 0 saturated heterocycles. The molecule has 17 heavy (non-hydrogen) atoms. The van der Waals surface area contributed by atoms with Crippen LogP contribution in [0.25, 0.3) is 0 Å². The van der Waals surface area contributed by atoms with Gasteiger partial charge in [0.25, 0.3) is 0 Å². The highest BCUT2D eigenvalue weighted by Gasteiger charge is 2.30. The van der Waals surface area contributed by atoms with Crippen LogP contribution in [0.1, 0.15) is 73.1 Å². The van der Waals surface area contributed by atoms with E-state index in [-0.39, 0.29) is 5.54 Å². The Morgan fingerprint density at radius 1 is 1.06 bits per heavy atom. The molecule has 1 unspecified atom stereocenters. The first kappa shape index (κ1) is 16.9. The van der Waals surface area contributed by atoms with Crippen LogP contribution in [-0.2, 0) is 0 Å². The lowest BCUT2D eigenvalue weighted by atomic mass is 9.90.